The lowest BCUT2D eigenvalue weighted by Crippen LogP contribution is -2.27. The van der Waals surface area contributed by atoms with Crippen LogP contribution in [0.3, 0.4) is 0 Å². The Morgan fingerprint density at radius 2 is 1.94 bits per heavy atom. The minimum absolute atomic E-state index is 0.509. The molecule has 1 N–H and O–H groups in total. The minimum Gasteiger partial charge on any atom is -0.381 e. The molecule has 1 aromatic rings. The minimum atomic E-state index is 0.509. The predicted octanol–water partition coefficient (Wildman–Crippen LogP) is 3.54. The van der Waals surface area contributed by atoms with Crippen molar-refractivity contribution >= 4 is 0 Å². The molecule has 0 bridgehead atoms. The molecule has 2 nitrogen and oxygen atoms in total. The zero-order valence-electron chi connectivity index (χ0n) is 11.4. The Labute approximate surface area is 111 Å². The second-order valence-electron chi connectivity index (χ2n) is 5.21. The third kappa shape index (κ3) is 4.11. The highest BCUT2D eigenvalue weighted by Crippen LogP contribution is 2.27. The van der Waals surface area contributed by atoms with Crippen LogP contribution in [0.4, 0.5) is 0 Å². The van der Waals surface area contributed by atoms with E-state index in [0.29, 0.717) is 6.04 Å². The SMILES string of the molecule is CCCNC(CC1CCOCC1)c1ccccc1. The number of nitrogens with one attached hydrogen (secondary N) is 1. The van der Waals surface area contributed by atoms with Crippen molar-refractivity contribution in [3.05, 3.63) is 35.9 Å². The van der Waals surface area contributed by atoms with Crippen molar-refractivity contribution in [2.45, 2.75) is 38.6 Å². The Morgan fingerprint density at radius 3 is 2.61 bits per heavy atom. The third-order valence-electron chi connectivity index (χ3n) is 3.75. The zero-order valence-corrected chi connectivity index (χ0v) is 11.4. The third-order valence-corrected chi connectivity index (χ3v) is 3.75. The molecule has 1 saturated heterocycles. The highest BCUT2D eigenvalue weighted by Gasteiger charge is 2.19. The van der Waals surface area contributed by atoms with Gasteiger partial charge in [0.1, 0.15) is 0 Å². The lowest BCUT2D eigenvalue weighted by molar-refractivity contribution is 0.0605. The first-order valence-corrected chi connectivity index (χ1v) is 7.26. The van der Waals surface area contributed by atoms with Crippen LogP contribution < -0.4 is 5.32 Å². The van der Waals surface area contributed by atoms with Crippen molar-refractivity contribution < 1.29 is 4.74 Å². The highest BCUT2D eigenvalue weighted by molar-refractivity contribution is 5.19. The molecule has 0 aromatic heterocycles. The lowest BCUT2D eigenvalue weighted by Gasteiger charge is -2.27. The van der Waals surface area contributed by atoms with Crippen molar-refractivity contribution in [2.24, 2.45) is 5.92 Å². The standard InChI is InChI=1S/C16H25NO/c1-2-10-17-16(15-6-4-3-5-7-15)13-14-8-11-18-12-9-14/h3-7,14,16-17H,2,8-13H2,1H3. The van der Waals surface area contributed by atoms with Crippen molar-refractivity contribution in [2.75, 3.05) is 19.8 Å². The average Bonchev–Trinajstić information content (AvgIpc) is 2.45. The largest absolute Gasteiger partial charge is 0.381 e. The van der Waals surface area contributed by atoms with Gasteiger partial charge in [-0.1, -0.05) is 37.3 Å². The van der Waals surface area contributed by atoms with Crippen LogP contribution in [-0.2, 0) is 4.74 Å². The molecule has 2 rings (SSSR count). The van der Waals surface area contributed by atoms with Crippen LogP contribution in [0.5, 0.6) is 0 Å². The molecule has 2 heteroatoms. The molecule has 0 aliphatic carbocycles. The first kappa shape index (κ1) is 13.6. The fourth-order valence-electron chi connectivity index (χ4n) is 2.66. The number of hydrogen-bond donors (Lipinski definition) is 1. The Bertz CT molecular complexity index is 319. The van der Waals surface area contributed by atoms with Crippen LogP contribution in [0.1, 0.15) is 44.2 Å². The van der Waals surface area contributed by atoms with E-state index in [2.05, 4.69) is 42.6 Å². The van der Waals surface area contributed by atoms with Gasteiger partial charge in [-0.2, -0.15) is 0 Å². The first-order valence-electron chi connectivity index (χ1n) is 7.26. The smallest absolute Gasteiger partial charge is 0.0468 e. The molecule has 1 aromatic carbocycles. The van der Waals surface area contributed by atoms with E-state index < -0.39 is 0 Å². The van der Waals surface area contributed by atoms with Gasteiger partial charge >= 0.3 is 0 Å². The van der Waals surface area contributed by atoms with Gasteiger partial charge in [-0.25, -0.2) is 0 Å². The van der Waals surface area contributed by atoms with Crippen LogP contribution >= 0.6 is 0 Å². The van der Waals surface area contributed by atoms with E-state index in [1.807, 2.05) is 0 Å². The number of benzene rings is 1. The van der Waals surface area contributed by atoms with Gasteiger partial charge in [0.05, 0.1) is 0 Å². The number of rotatable bonds is 6. The molecule has 0 saturated carbocycles. The average molecular weight is 247 g/mol. The summed E-state index contributed by atoms with van der Waals surface area (Å²) >= 11 is 0. The van der Waals surface area contributed by atoms with Crippen LogP contribution in [-0.4, -0.2) is 19.8 Å². The molecule has 1 aliphatic rings. The fourth-order valence-corrected chi connectivity index (χ4v) is 2.66. The summed E-state index contributed by atoms with van der Waals surface area (Å²) in [4.78, 5) is 0. The molecule has 1 unspecified atom stereocenters. The zero-order chi connectivity index (χ0) is 12.6. The predicted molar refractivity (Wildman–Crippen MR) is 75.6 cm³/mol. The summed E-state index contributed by atoms with van der Waals surface area (Å²) < 4.78 is 5.45. The quantitative estimate of drug-likeness (QED) is 0.830. The van der Waals surface area contributed by atoms with E-state index in [9.17, 15) is 0 Å². The Morgan fingerprint density at radius 1 is 1.22 bits per heavy atom. The fraction of sp³-hybridized carbons (Fsp3) is 0.625. The van der Waals surface area contributed by atoms with Gasteiger partial charge in [0.2, 0.25) is 0 Å². The Hall–Kier alpha value is -0.860. The van der Waals surface area contributed by atoms with Crippen molar-refractivity contribution in [3.8, 4) is 0 Å². The molecule has 0 radical (unpaired) electrons. The second-order valence-corrected chi connectivity index (χ2v) is 5.21. The summed E-state index contributed by atoms with van der Waals surface area (Å²) in [5, 5.41) is 3.69. The maximum absolute atomic E-state index is 5.45. The monoisotopic (exact) mass is 247 g/mol. The normalized spacial score (nSPS) is 18.7. The molecule has 1 fully saturated rings. The topological polar surface area (TPSA) is 21.3 Å². The highest BCUT2D eigenvalue weighted by atomic mass is 16.5. The summed E-state index contributed by atoms with van der Waals surface area (Å²) in [5.41, 5.74) is 1.43. The van der Waals surface area contributed by atoms with E-state index in [-0.39, 0.29) is 0 Å². The van der Waals surface area contributed by atoms with E-state index in [0.717, 1.165) is 25.7 Å². The van der Waals surface area contributed by atoms with E-state index in [1.54, 1.807) is 0 Å². The molecule has 1 heterocycles. The van der Waals surface area contributed by atoms with Gasteiger partial charge in [-0.3, -0.25) is 0 Å². The van der Waals surface area contributed by atoms with Crippen LogP contribution in [0.25, 0.3) is 0 Å². The van der Waals surface area contributed by atoms with Gasteiger partial charge < -0.3 is 10.1 Å². The Kier molecular flexibility index (Phi) is 5.69. The van der Waals surface area contributed by atoms with Crippen LogP contribution in [0.15, 0.2) is 30.3 Å². The van der Waals surface area contributed by atoms with Gasteiger partial charge in [0, 0.05) is 19.3 Å². The molecule has 18 heavy (non-hydrogen) atoms. The maximum Gasteiger partial charge on any atom is 0.0468 e. The van der Waals surface area contributed by atoms with Crippen LogP contribution in [0.2, 0.25) is 0 Å². The van der Waals surface area contributed by atoms with Gasteiger partial charge in [-0.15, -0.1) is 0 Å². The number of hydrogen-bond acceptors (Lipinski definition) is 2. The molecular formula is C16H25NO. The van der Waals surface area contributed by atoms with E-state index >= 15 is 0 Å². The second kappa shape index (κ2) is 7.55. The molecule has 100 valence electrons. The van der Waals surface area contributed by atoms with Crippen molar-refractivity contribution in [3.63, 3.8) is 0 Å². The van der Waals surface area contributed by atoms with Gasteiger partial charge in [0.15, 0.2) is 0 Å². The summed E-state index contributed by atoms with van der Waals surface area (Å²) in [6.45, 7) is 5.21. The first-order chi connectivity index (χ1) is 8.90. The molecule has 1 atom stereocenters. The van der Waals surface area contributed by atoms with Gasteiger partial charge in [-0.05, 0) is 43.7 Å². The Balaban J connectivity index is 1.95. The van der Waals surface area contributed by atoms with E-state index in [4.69, 9.17) is 4.74 Å². The summed E-state index contributed by atoms with van der Waals surface area (Å²) in [6, 6.07) is 11.4. The summed E-state index contributed by atoms with van der Waals surface area (Å²) in [6.07, 6.45) is 4.87. The number of ether oxygens (including phenoxy) is 1. The molecule has 0 spiro atoms. The van der Waals surface area contributed by atoms with E-state index in [1.165, 1.54) is 31.2 Å². The summed E-state index contributed by atoms with van der Waals surface area (Å²) in [7, 11) is 0. The lowest BCUT2D eigenvalue weighted by atomic mass is 9.89. The molecule has 0 amide bonds. The maximum atomic E-state index is 5.45. The van der Waals surface area contributed by atoms with Gasteiger partial charge in [0.25, 0.3) is 0 Å². The summed E-state index contributed by atoms with van der Waals surface area (Å²) in [5.74, 6) is 0.813. The molecule has 1 aliphatic heterocycles. The van der Waals surface area contributed by atoms with Crippen molar-refractivity contribution in [1.29, 1.82) is 0 Å². The van der Waals surface area contributed by atoms with Crippen LogP contribution in [0, 0.1) is 5.92 Å². The van der Waals surface area contributed by atoms with Crippen molar-refractivity contribution in [1.82, 2.24) is 5.32 Å². The molecular weight excluding hydrogens is 222 g/mol.